The van der Waals surface area contributed by atoms with Gasteiger partial charge in [0.25, 0.3) is 0 Å². The van der Waals surface area contributed by atoms with E-state index in [1.165, 1.54) is 33.3 Å². The van der Waals surface area contributed by atoms with Crippen molar-refractivity contribution in [3.05, 3.63) is 66.0 Å². The van der Waals surface area contributed by atoms with Crippen molar-refractivity contribution >= 4 is 35.6 Å². The largest absolute Gasteiger partial charge is 0.486 e. The van der Waals surface area contributed by atoms with E-state index in [1.54, 1.807) is 4.57 Å². The van der Waals surface area contributed by atoms with E-state index in [4.69, 9.17) is 23.7 Å². The molecule has 0 spiro atoms. The van der Waals surface area contributed by atoms with Gasteiger partial charge in [0.15, 0.2) is 23.2 Å². The molecule has 1 aromatic heterocycles. The molecule has 1 aliphatic heterocycles. The summed E-state index contributed by atoms with van der Waals surface area (Å²) in [6.45, 7) is 11.1. The van der Waals surface area contributed by atoms with Crippen LogP contribution in [-0.4, -0.2) is 75.0 Å². The number of nitrogens with one attached hydrogen (secondary N) is 1. The van der Waals surface area contributed by atoms with E-state index in [0.717, 1.165) is 17.4 Å². The van der Waals surface area contributed by atoms with Crippen LogP contribution < -0.4 is 10.1 Å². The highest BCUT2D eigenvalue weighted by Crippen LogP contribution is 2.37. The fourth-order valence-electron chi connectivity index (χ4n) is 5.00. The average molecular weight is 669 g/mol. The monoisotopic (exact) mass is 668 g/mol. The van der Waals surface area contributed by atoms with Crippen LogP contribution in [0.5, 0.6) is 5.75 Å². The van der Waals surface area contributed by atoms with Crippen LogP contribution in [0.4, 0.5) is 0 Å². The SMILES string of the molecule is CC(=O)N[C@@H]1[C@@H](OC(C)=O)[C@H](OC(C)=O)[C@@H](COC(C)=O)O[C@H]1Sc1nnc(COc2ccc(C(C)(C)C)cc2)n1-c1ccccc1. The van der Waals surface area contributed by atoms with Gasteiger partial charge in [-0.3, -0.25) is 23.7 Å². The first-order chi connectivity index (χ1) is 22.2. The lowest BCUT2D eigenvalue weighted by molar-refractivity contribution is -0.211. The molecule has 1 fully saturated rings. The Bertz CT molecular complexity index is 1560. The third-order valence-electron chi connectivity index (χ3n) is 7.10. The molecule has 5 atom stereocenters. The predicted octanol–water partition coefficient (Wildman–Crippen LogP) is 3.89. The number of aromatic nitrogens is 3. The zero-order chi connectivity index (χ0) is 34.3. The molecule has 14 heteroatoms. The Morgan fingerprint density at radius 1 is 0.872 bits per heavy atom. The second-order valence-electron chi connectivity index (χ2n) is 12.0. The molecular weight excluding hydrogens is 628 g/mol. The van der Waals surface area contributed by atoms with Gasteiger partial charge in [-0.1, -0.05) is 62.9 Å². The molecular formula is C33H40N4O9S. The first-order valence-corrected chi connectivity index (χ1v) is 15.9. The van der Waals surface area contributed by atoms with Crippen molar-refractivity contribution in [1.29, 1.82) is 0 Å². The van der Waals surface area contributed by atoms with Crippen LogP contribution >= 0.6 is 11.8 Å². The van der Waals surface area contributed by atoms with Gasteiger partial charge in [0.05, 0.1) is 0 Å². The summed E-state index contributed by atoms with van der Waals surface area (Å²) >= 11 is 1.10. The van der Waals surface area contributed by atoms with E-state index < -0.39 is 53.6 Å². The first-order valence-electron chi connectivity index (χ1n) is 15.0. The summed E-state index contributed by atoms with van der Waals surface area (Å²) in [5.74, 6) is -1.26. The Kier molecular flexibility index (Phi) is 11.6. The lowest BCUT2D eigenvalue weighted by Gasteiger charge is -2.44. The number of hydrogen-bond acceptors (Lipinski definition) is 12. The van der Waals surface area contributed by atoms with Crippen molar-refractivity contribution in [2.75, 3.05) is 6.61 Å². The van der Waals surface area contributed by atoms with Gasteiger partial charge in [-0.2, -0.15) is 0 Å². The van der Waals surface area contributed by atoms with Crippen LogP contribution in [0.15, 0.2) is 59.8 Å². The molecule has 47 heavy (non-hydrogen) atoms. The molecule has 2 heterocycles. The van der Waals surface area contributed by atoms with Gasteiger partial charge in [0.2, 0.25) is 5.91 Å². The molecule has 0 radical (unpaired) electrons. The van der Waals surface area contributed by atoms with Gasteiger partial charge < -0.3 is 29.0 Å². The smallest absolute Gasteiger partial charge is 0.303 e. The minimum absolute atomic E-state index is 0.00167. The number of ether oxygens (including phenoxy) is 5. The molecule has 1 aliphatic rings. The van der Waals surface area contributed by atoms with Crippen molar-refractivity contribution in [2.24, 2.45) is 0 Å². The van der Waals surface area contributed by atoms with Crippen molar-refractivity contribution < 1.29 is 42.9 Å². The molecule has 4 rings (SSSR count). The Hall–Kier alpha value is -4.43. The summed E-state index contributed by atoms with van der Waals surface area (Å²) in [5, 5.41) is 12.0. The van der Waals surface area contributed by atoms with Crippen molar-refractivity contribution in [3.63, 3.8) is 0 Å². The highest BCUT2D eigenvalue weighted by atomic mass is 32.2. The maximum Gasteiger partial charge on any atom is 0.303 e. The van der Waals surface area contributed by atoms with E-state index in [-0.39, 0.29) is 18.6 Å². The Labute approximate surface area is 277 Å². The summed E-state index contributed by atoms with van der Waals surface area (Å²) in [7, 11) is 0. The van der Waals surface area contributed by atoms with E-state index in [9.17, 15) is 19.2 Å². The molecule has 1 saturated heterocycles. The molecule has 1 N–H and O–H groups in total. The van der Waals surface area contributed by atoms with Crippen LogP contribution in [0.1, 0.15) is 59.9 Å². The van der Waals surface area contributed by atoms with Gasteiger partial charge in [0.1, 0.15) is 36.5 Å². The number of carbonyl (C=O) groups excluding carboxylic acids is 4. The second-order valence-corrected chi connectivity index (χ2v) is 13.0. The van der Waals surface area contributed by atoms with Gasteiger partial charge in [-0.25, -0.2) is 0 Å². The number of carbonyl (C=O) groups is 4. The minimum Gasteiger partial charge on any atom is -0.486 e. The molecule has 3 aromatic rings. The third-order valence-corrected chi connectivity index (χ3v) is 8.21. The molecule has 0 aliphatic carbocycles. The highest BCUT2D eigenvalue weighted by Gasteiger charge is 2.51. The minimum atomic E-state index is -1.20. The van der Waals surface area contributed by atoms with E-state index in [2.05, 4.69) is 36.3 Å². The summed E-state index contributed by atoms with van der Waals surface area (Å²) in [6.07, 6.45) is -3.45. The maximum absolute atomic E-state index is 12.4. The summed E-state index contributed by atoms with van der Waals surface area (Å²) in [5.41, 5.74) is 0.936. The van der Waals surface area contributed by atoms with Crippen LogP contribution in [0.25, 0.3) is 5.69 Å². The number of thioether (sulfide) groups is 1. The van der Waals surface area contributed by atoms with Gasteiger partial charge >= 0.3 is 17.9 Å². The van der Waals surface area contributed by atoms with Crippen molar-refractivity contribution in [2.45, 2.75) is 95.4 Å². The maximum atomic E-state index is 12.4. The molecule has 0 saturated carbocycles. The zero-order valence-electron chi connectivity index (χ0n) is 27.4. The summed E-state index contributed by atoms with van der Waals surface area (Å²) in [6, 6.07) is 16.2. The van der Waals surface area contributed by atoms with Crippen LogP contribution in [0.3, 0.4) is 0 Å². The number of benzene rings is 2. The molecule has 0 bridgehead atoms. The Morgan fingerprint density at radius 3 is 2.09 bits per heavy atom. The fraction of sp³-hybridized carbons (Fsp3) is 0.455. The van der Waals surface area contributed by atoms with E-state index in [1.807, 2.05) is 54.6 Å². The molecule has 13 nitrogen and oxygen atoms in total. The second kappa shape index (κ2) is 15.4. The number of nitrogens with zero attached hydrogens (tertiary/aromatic N) is 3. The van der Waals surface area contributed by atoms with Crippen LogP contribution in [0.2, 0.25) is 0 Å². The van der Waals surface area contributed by atoms with Crippen molar-refractivity contribution in [1.82, 2.24) is 20.1 Å². The Balaban J connectivity index is 1.70. The number of hydrogen-bond donors (Lipinski definition) is 1. The standard InChI is InChI=1S/C33H40N4O9S/c1-19(38)34-28-30(45-22(4)41)29(44-21(3)40)26(17-42-20(2)39)46-31(28)47-32-36-35-27(37(32)24-11-9-8-10-12-24)18-43-25-15-13-23(14-16-25)33(5,6)7/h8-16,26,28-31H,17-18H2,1-7H3,(H,34,38)/t26-,28-,29-,30-,31+/m1/s1. The number of amides is 1. The quantitative estimate of drug-likeness (QED) is 0.233. The third kappa shape index (κ3) is 9.55. The van der Waals surface area contributed by atoms with Gasteiger partial charge in [0, 0.05) is 33.4 Å². The lowest BCUT2D eigenvalue weighted by atomic mass is 9.87. The van der Waals surface area contributed by atoms with E-state index >= 15 is 0 Å². The van der Waals surface area contributed by atoms with Gasteiger partial charge in [-0.05, 0) is 35.2 Å². The molecule has 2 aromatic carbocycles. The topological polar surface area (TPSA) is 157 Å². The molecule has 252 valence electrons. The van der Waals surface area contributed by atoms with Crippen LogP contribution in [0, 0.1) is 0 Å². The molecule has 1 amide bonds. The van der Waals surface area contributed by atoms with Crippen molar-refractivity contribution in [3.8, 4) is 11.4 Å². The number of rotatable bonds is 11. The van der Waals surface area contributed by atoms with E-state index in [0.29, 0.717) is 16.7 Å². The number of esters is 3. The van der Waals surface area contributed by atoms with Gasteiger partial charge in [-0.15, -0.1) is 10.2 Å². The normalized spacial score (nSPS) is 21.0. The fourth-order valence-corrected chi connectivity index (χ4v) is 6.18. The summed E-state index contributed by atoms with van der Waals surface area (Å²) < 4.78 is 30.6. The average Bonchev–Trinajstić information content (AvgIpc) is 3.39. The summed E-state index contributed by atoms with van der Waals surface area (Å²) in [4.78, 5) is 48.5. The number of para-hydroxylation sites is 1. The predicted molar refractivity (Wildman–Crippen MR) is 171 cm³/mol. The Morgan fingerprint density at radius 2 is 1.51 bits per heavy atom. The zero-order valence-corrected chi connectivity index (χ0v) is 28.2. The highest BCUT2D eigenvalue weighted by molar-refractivity contribution is 7.99. The lowest BCUT2D eigenvalue weighted by Crippen LogP contribution is -2.65. The molecule has 0 unspecified atom stereocenters. The first kappa shape index (κ1) is 35.4. The van der Waals surface area contributed by atoms with Crippen LogP contribution in [-0.2, 0) is 50.1 Å².